The highest BCUT2D eigenvalue weighted by atomic mass is 16.1. The van der Waals surface area contributed by atoms with Gasteiger partial charge in [-0.15, -0.1) is 0 Å². The van der Waals surface area contributed by atoms with E-state index in [1.165, 1.54) is 0 Å². The molecule has 3 rings (SSSR count). The standard InChI is InChI=1S/C12H15N3O/c16-11-7-10(13-9-3-1-2-4-9)14-12(15-11)8-5-6-8/h1-2,7-9H,3-6H2,(H2,13,14,15,16). The van der Waals surface area contributed by atoms with Gasteiger partial charge in [0.2, 0.25) is 0 Å². The first-order chi connectivity index (χ1) is 7.81. The molecule has 1 heterocycles. The van der Waals surface area contributed by atoms with Crippen molar-refractivity contribution < 1.29 is 0 Å². The van der Waals surface area contributed by atoms with Gasteiger partial charge in [0.25, 0.3) is 5.56 Å². The molecule has 0 amide bonds. The first kappa shape index (κ1) is 9.63. The fourth-order valence-electron chi connectivity index (χ4n) is 2.04. The van der Waals surface area contributed by atoms with Crippen molar-refractivity contribution in [3.8, 4) is 0 Å². The highest BCUT2D eigenvalue weighted by molar-refractivity contribution is 5.36. The van der Waals surface area contributed by atoms with Gasteiger partial charge in [-0.25, -0.2) is 4.98 Å². The maximum absolute atomic E-state index is 11.5. The Labute approximate surface area is 93.8 Å². The Morgan fingerprint density at radius 2 is 2.06 bits per heavy atom. The summed E-state index contributed by atoms with van der Waals surface area (Å²) in [6.07, 6.45) is 8.66. The number of hydrogen-bond acceptors (Lipinski definition) is 3. The third-order valence-corrected chi connectivity index (χ3v) is 3.08. The summed E-state index contributed by atoms with van der Waals surface area (Å²) in [5.41, 5.74) is -0.0506. The predicted octanol–water partition coefficient (Wildman–Crippen LogP) is 1.78. The van der Waals surface area contributed by atoms with Crippen molar-refractivity contribution in [3.63, 3.8) is 0 Å². The van der Waals surface area contributed by atoms with Crippen LogP contribution in [0.4, 0.5) is 5.82 Å². The zero-order valence-corrected chi connectivity index (χ0v) is 9.07. The van der Waals surface area contributed by atoms with E-state index in [4.69, 9.17) is 0 Å². The normalized spacial score (nSPS) is 20.2. The van der Waals surface area contributed by atoms with E-state index in [2.05, 4.69) is 27.4 Å². The molecule has 2 N–H and O–H groups in total. The largest absolute Gasteiger partial charge is 0.366 e. The zero-order chi connectivity index (χ0) is 11.0. The SMILES string of the molecule is O=c1cc(NC2CC=CC2)nc(C2CC2)[nH]1. The second kappa shape index (κ2) is 3.77. The van der Waals surface area contributed by atoms with Gasteiger partial charge in [0.1, 0.15) is 11.6 Å². The summed E-state index contributed by atoms with van der Waals surface area (Å²) in [7, 11) is 0. The molecule has 84 valence electrons. The van der Waals surface area contributed by atoms with Crippen molar-refractivity contribution in [3.05, 3.63) is 34.4 Å². The highest BCUT2D eigenvalue weighted by Crippen LogP contribution is 2.37. The maximum Gasteiger partial charge on any atom is 0.252 e. The van der Waals surface area contributed by atoms with Crippen LogP contribution >= 0.6 is 0 Å². The van der Waals surface area contributed by atoms with Crippen LogP contribution < -0.4 is 10.9 Å². The lowest BCUT2D eigenvalue weighted by atomic mass is 10.2. The van der Waals surface area contributed by atoms with Crippen LogP contribution in [-0.2, 0) is 0 Å². The fourth-order valence-corrected chi connectivity index (χ4v) is 2.04. The molecule has 0 saturated heterocycles. The summed E-state index contributed by atoms with van der Waals surface area (Å²) in [6.45, 7) is 0. The van der Waals surface area contributed by atoms with Crippen molar-refractivity contribution in [1.29, 1.82) is 0 Å². The summed E-state index contributed by atoms with van der Waals surface area (Å²) in [6, 6.07) is 1.95. The van der Waals surface area contributed by atoms with E-state index in [0.29, 0.717) is 12.0 Å². The minimum absolute atomic E-state index is 0.0506. The Kier molecular flexibility index (Phi) is 2.27. The Morgan fingerprint density at radius 3 is 2.75 bits per heavy atom. The Bertz CT molecular complexity index is 465. The van der Waals surface area contributed by atoms with E-state index < -0.39 is 0 Å². The van der Waals surface area contributed by atoms with Crippen LogP contribution in [-0.4, -0.2) is 16.0 Å². The van der Waals surface area contributed by atoms with E-state index in [-0.39, 0.29) is 5.56 Å². The molecule has 0 spiro atoms. The smallest absolute Gasteiger partial charge is 0.252 e. The Balaban J connectivity index is 1.80. The molecule has 2 aliphatic carbocycles. The van der Waals surface area contributed by atoms with E-state index in [9.17, 15) is 4.79 Å². The van der Waals surface area contributed by atoms with Gasteiger partial charge in [0, 0.05) is 18.0 Å². The predicted molar refractivity (Wildman–Crippen MR) is 62.6 cm³/mol. The van der Waals surface area contributed by atoms with Crippen LogP contribution in [0, 0.1) is 0 Å². The summed E-state index contributed by atoms with van der Waals surface area (Å²) in [4.78, 5) is 18.7. The number of nitrogens with zero attached hydrogens (tertiary/aromatic N) is 1. The third-order valence-electron chi connectivity index (χ3n) is 3.08. The van der Waals surface area contributed by atoms with Gasteiger partial charge in [-0.2, -0.15) is 0 Å². The molecule has 4 heteroatoms. The fraction of sp³-hybridized carbons (Fsp3) is 0.500. The number of nitrogens with one attached hydrogen (secondary N) is 2. The molecule has 0 radical (unpaired) electrons. The number of rotatable bonds is 3. The first-order valence-electron chi connectivity index (χ1n) is 5.84. The summed E-state index contributed by atoms with van der Waals surface area (Å²) in [5, 5.41) is 3.31. The van der Waals surface area contributed by atoms with Crippen molar-refractivity contribution >= 4 is 5.82 Å². The number of aromatic nitrogens is 2. The third kappa shape index (κ3) is 2.01. The molecule has 16 heavy (non-hydrogen) atoms. The van der Waals surface area contributed by atoms with Gasteiger partial charge in [0.15, 0.2) is 0 Å². The van der Waals surface area contributed by atoms with Crippen molar-refractivity contribution in [2.75, 3.05) is 5.32 Å². The number of H-pyrrole nitrogens is 1. The lowest BCUT2D eigenvalue weighted by molar-refractivity contribution is 0.773. The minimum atomic E-state index is -0.0506. The van der Waals surface area contributed by atoms with E-state index in [1.807, 2.05) is 0 Å². The van der Waals surface area contributed by atoms with Gasteiger partial charge in [-0.05, 0) is 25.7 Å². The Morgan fingerprint density at radius 1 is 1.31 bits per heavy atom. The summed E-state index contributed by atoms with van der Waals surface area (Å²) >= 11 is 0. The lowest BCUT2D eigenvalue weighted by Gasteiger charge is -2.12. The molecule has 1 aromatic rings. The van der Waals surface area contributed by atoms with Crippen LogP contribution in [0.2, 0.25) is 0 Å². The van der Waals surface area contributed by atoms with Crippen LogP contribution in [0.3, 0.4) is 0 Å². The number of hydrogen-bond donors (Lipinski definition) is 2. The quantitative estimate of drug-likeness (QED) is 0.759. The molecule has 1 aromatic heterocycles. The topological polar surface area (TPSA) is 57.8 Å². The van der Waals surface area contributed by atoms with Crippen molar-refractivity contribution in [1.82, 2.24) is 9.97 Å². The molecule has 0 bridgehead atoms. The molecule has 0 atom stereocenters. The van der Waals surface area contributed by atoms with Crippen LogP contribution in [0.15, 0.2) is 23.0 Å². The minimum Gasteiger partial charge on any atom is -0.366 e. The first-order valence-corrected chi connectivity index (χ1v) is 5.84. The molecule has 0 aliphatic heterocycles. The van der Waals surface area contributed by atoms with Gasteiger partial charge in [-0.1, -0.05) is 12.2 Å². The summed E-state index contributed by atoms with van der Waals surface area (Å²) < 4.78 is 0. The molecule has 4 nitrogen and oxygen atoms in total. The average Bonchev–Trinajstić information content (AvgIpc) is 2.98. The number of anilines is 1. The second-order valence-electron chi connectivity index (χ2n) is 4.57. The molecule has 2 aliphatic rings. The molecular formula is C12H15N3O. The van der Waals surface area contributed by atoms with Crippen molar-refractivity contribution in [2.24, 2.45) is 0 Å². The molecule has 1 saturated carbocycles. The monoisotopic (exact) mass is 217 g/mol. The number of aromatic amines is 1. The van der Waals surface area contributed by atoms with Gasteiger partial charge < -0.3 is 10.3 Å². The van der Waals surface area contributed by atoms with E-state index in [1.54, 1.807) is 6.07 Å². The second-order valence-corrected chi connectivity index (χ2v) is 4.57. The molecule has 0 unspecified atom stereocenters. The molecule has 1 fully saturated rings. The maximum atomic E-state index is 11.5. The summed E-state index contributed by atoms with van der Waals surface area (Å²) in [5.74, 6) is 2.05. The average molecular weight is 217 g/mol. The van der Waals surface area contributed by atoms with Crippen LogP contribution in [0.25, 0.3) is 0 Å². The molecular weight excluding hydrogens is 202 g/mol. The van der Waals surface area contributed by atoms with Gasteiger partial charge >= 0.3 is 0 Å². The lowest BCUT2D eigenvalue weighted by Crippen LogP contribution is -2.19. The van der Waals surface area contributed by atoms with Gasteiger partial charge in [-0.3, -0.25) is 4.79 Å². The van der Waals surface area contributed by atoms with Crippen molar-refractivity contribution in [2.45, 2.75) is 37.6 Å². The van der Waals surface area contributed by atoms with E-state index in [0.717, 1.165) is 37.3 Å². The Hall–Kier alpha value is -1.58. The van der Waals surface area contributed by atoms with E-state index >= 15 is 0 Å². The van der Waals surface area contributed by atoms with Gasteiger partial charge in [0.05, 0.1) is 0 Å². The molecule has 0 aromatic carbocycles. The van der Waals surface area contributed by atoms with Crippen LogP contribution in [0.1, 0.15) is 37.4 Å². The van der Waals surface area contributed by atoms with Crippen LogP contribution in [0.5, 0.6) is 0 Å². The highest BCUT2D eigenvalue weighted by Gasteiger charge is 2.26. The zero-order valence-electron chi connectivity index (χ0n) is 9.07.